The fourth-order valence-corrected chi connectivity index (χ4v) is 2.08. The van der Waals surface area contributed by atoms with Crippen LogP contribution in [0.2, 0.25) is 0 Å². The van der Waals surface area contributed by atoms with E-state index in [4.69, 9.17) is 4.74 Å². The molecule has 0 amide bonds. The van der Waals surface area contributed by atoms with E-state index in [9.17, 15) is 0 Å². The summed E-state index contributed by atoms with van der Waals surface area (Å²) in [5.41, 5.74) is 2.60. The molecular weight excluding hydrogens is 204 g/mol. The van der Waals surface area contributed by atoms with Gasteiger partial charge in [0.1, 0.15) is 5.75 Å². The maximum atomic E-state index is 5.63. The number of benzene rings is 1. The van der Waals surface area contributed by atoms with E-state index in [2.05, 4.69) is 44.7 Å². The molecule has 0 radical (unpaired) electrons. The van der Waals surface area contributed by atoms with E-state index in [0.29, 0.717) is 5.92 Å². The van der Waals surface area contributed by atoms with E-state index in [1.165, 1.54) is 11.1 Å². The molecule has 0 fully saturated rings. The molecule has 2 heteroatoms. The highest BCUT2D eigenvalue weighted by Gasteiger charge is 2.11. The lowest BCUT2D eigenvalue weighted by molar-refractivity contribution is 0.334. The lowest BCUT2D eigenvalue weighted by Gasteiger charge is -2.16. The molecule has 0 bridgehead atoms. The Balaban J connectivity index is 2.95. The van der Waals surface area contributed by atoms with Gasteiger partial charge in [-0.3, -0.25) is 0 Å². The Kier molecular flexibility index (Phi) is 5.03. The zero-order valence-electron chi connectivity index (χ0n) is 9.79. The fourth-order valence-electron chi connectivity index (χ4n) is 1.69. The molecule has 1 nitrogen and oxygen atoms in total. The van der Waals surface area contributed by atoms with E-state index in [0.717, 1.165) is 24.5 Å². The second-order valence-electron chi connectivity index (χ2n) is 3.89. The van der Waals surface area contributed by atoms with Crippen molar-refractivity contribution >= 4 is 12.6 Å². The summed E-state index contributed by atoms with van der Waals surface area (Å²) in [6, 6.07) is 6.39. The van der Waals surface area contributed by atoms with Crippen molar-refractivity contribution in [1.82, 2.24) is 0 Å². The summed E-state index contributed by atoms with van der Waals surface area (Å²) in [6.45, 7) is 7.09. The molecule has 1 unspecified atom stereocenters. The van der Waals surface area contributed by atoms with Crippen molar-refractivity contribution in [1.29, 1.82) is 0 Å². The molecule has 1 aromatic rings. The average molecular weight is 224 g/mol. The molecular formula is C13H20OS. The first kappa shape index (κ1) is 12.4. The number of hydrogen-bond acceptors (Lipinski definition) is 2. The van der Waals surface area contributed by atoms with Crippen molar-refractivity contribution in [3.63, 3.8) is 0 Å². The van der Waals surface area contributed by atoms with Gasteiger partial charge in [-0.15, -0.1) is 0 Å². The van der Waals surface area contributed by atoms with Crippen molar-refractivity contribution in [3.05, 3.63) is 29.3 Å². The van der Waals surface area contributed by atoms with Crippen molar-refractivity contribution in [2.45, 2.75) is 33.1 Å². The van der Waals surface area contributed by atoms with Gasteiger partial charge in [-0.25, -0.2) is 0 Å². The lowest BCUT2D eigenvalue weighted by Crippen LogP contribution is -2.01. The first-order valence-electron chi connectivity index (χ1n) is 5.53. The first-order valence-corrected chi connectivity index (χ1v) is 6.16. The molecule has 0 aliphatic heterocycles. The maximum Gasteiger partial charge on any atom is 0.122 e. The molecule has 0 aromatic heterocycles. The lowest BCUT2D eigenvalue weighted by atomic mass is 9.96. The van der Waals surface area contributed by atoms with Gasteiger partial charge in [0.05, 0.1) is 6.61 Å². The minimum Gasteiger partial charge on any atom is -0.494 e. The quantitative estimate of drug-likeness (QED) is 0.748. The zero-order chi connectivity index (χ0) is 11.3. The van der Waals surface area contributed by atoms with Crippen LogP contribution in [0.15, 0.2) is 18.2 Å². The molecule has 1 atom stereocenters. The van der Waals surface area contributed by atoms with Crippen LogP contribution in [0.5, 0.6) is 5.75 Å². The van der Waals surface area contributed by atoms with Gasteiger partial charge in [0.25, 0.3) is 0 Å². The summed E-state index contributed by atoms with van der Waals surface area (Å²) in [5.74, 6) is 2.46. The van der Waals surface area contributed by atoms with Crippen LogP contribution in [0.1, 0.15) is 37.3 Å². The molecule has 0 saturated carbocycles. The topological polar surface area (TPSA) is 9.23 Å². The highest BCUT2D eigenvalue weighted by molar-refractivity contribution is 7.80. The van der Waals surface area contributed by atoms with Gasteiger partial charge < -0.3 is 4.74 Å². The minimum absolute atomic E-state index is 0.518. The van der Waals surface area contributed by atoms with E-state index in [1.54, 1.807) is 0 Å². The normalized spacial score (nSPS) is 12.5. The molecule has 84 valence electrons. The number of aryl methyl sites for hydroxylation is 1. The summed E-state index contributed by atoms with van der Waals surface area (Å²) in [4.78, 5) is 0. The molecule has 0 spiro atoms. The van der Waals surface area contributed by atoms with Crippen LogP contribution in [-0.2, 0) is 0 Å². The van der Waals surface area contributed by atoms with Gasteiger partial charge >= 0.3 is 0 Å². The third-order valence-corrected chi connectivity index (χ3v) is 2.82. The summed E-state index contributed by atoms with van der Waals surface area (Å²) in [5, 5.41) is 0. The molecule has 0 heterocycles. The van der Waals surface area contributed by atoms with E-state index >= 15 is 0 Å². The second kappa shape index (κ2) is 6.06. The van der Waals surface area contributed by atoms with E-state index in [1.807, 2.05) is 6.92 Å². The number of rotatable bonds is 5. The highest BCUT2D eigenvalue weighted by atomic mass is 32.1. The van der Waals surface area contributed by atoms with Gasteiger partial charge in [-0.2, -0.15) is 12.6 Å². The van der Waals surface area contributed by atoms with E-state index in [-0.39, 0.29) is 0 Å². The Bertz CT molecular complexity index is 309. The Morgan fingerprint density at radius 2 is 2.13 bits per heavy atom. The molecule has 0 aliphatic carbocycles. The van der Waals surface area contributed by atoms with Crippen LogP contribution >= 0.6 is 12.6 Å². The molecule has 0 aliphatic rings. The zero-order valence-corrected chi connectivity index (χ0v) is 10.7. The van der Waals surface area contributed by atoms with Gasteiger partial charge in [-0.05, 0) is 43.6 Å². The van der Waals surface area contributed by atoms with Gasteiger partial charge in [0, 0.05) is 0 Å². The Morgan fingerprint density at radius 3 is 2.73 bits per heavy atom. The number of thiol groups is 1. The predicted molar refractivity (Wildman–Crippen MR) is 69.2 cm³/mol. The smallest absolute Gasteiger partial charge is 0.122 e. The van der Waals surface area contributed by atoms with Crippen LogP contribution in [0.4, 0.5) is 0 Å². The van der Waals surface area contributed by atoms with Gasteiger partial charge in [-0.1, -0.05) is 24.6 Å². The molecule has 0 N–H and O–H groups in total. The molecule has 1 aromatic carbocycles. The van der Waals surface area contributed by atoms with Crippen molar-refractivity contribution in [3.8, 4) is 5.75 Å². The third-order valence-electron chi connectivity index (χ3n) is 2.56. The summed E-state index contributed by atoms with van der Waals surface area (Å²) in [6.07, 6.45) is 1.09. The van der Waals surface area contributed by atoms with Gasteiger partial charge in [0.2, 0.25) is 0 Å². The van der Waals surface area contributed by atoms with E-state index < -0.39 is 0 Å². The monoisotopic (exact) mass is 224 g/mol. The van der Waals surface area contributed by atoms with Crippen molar-refractivity contribution < 1.29 is 4.74 Å². The van der Waals surface area contributed by atoms with Crippen LogP contribution in [-0.4, -0.2) is 12.4 Å². The second-order valence-corrected chi connectivity index (χ2v) is 4.33. The number of hydrogen-bond donors (Lipinski definition) is 1. The van der Waals surface area contributed by atoms with Crippen molar-refractivity contribution in [2.24, 2.45) is 0 Å². The van der Waals surface area contributed by atoms with Crippen LogP contribution in [0.25, 0.3) is 0 Å². The molecule has 0 saturated heterocycles. The van der Waals surface area contributed by atoms with Crippen LogP contribution in [0, 0.1) is 6.92 Å². The predicted octanol–water partition coefficient (Wildman–Crippen LogP) is 3.82. The highest BCUT2D eigenvalue weighted by Crippen LogP contribution is 2.30. The summed E-state index contributed by atoms with van der Waals surface area (Å²) >= 11 is 4.28. The average Bonchev–Trinajstić information content (AvgIpc) is 2.21. The Labute approximate surface area is 98.3 Å². The minimum atomic E-state index is 0.518. The largest absolute Gasteiger partial charge is 0.494 e. The summed E-state index contributed by atoms with van der Waals surface area (Å²) in [7, 11) is 0. The maximum absolute atomic E-state index is 5.63. The fraction of sp³-hybridized carbons (Fsp3) is 0.538. The van der Waals surface area contributed by atoms with Crippen LogP contribution in [0.3, 0.4) is 0 Å². The molecule has 1 rings (SSSR count). The Hall–Kier alpha value is -0.630. The third kappa shape index (κ3) is 3.45. The number of ether oxygens (including phenoxy) is 1. The van der Waals surface area contributed by atoms with Crippen LogP contribution < -0.4 is 4.74 Å². The van der Waals surface area contributed by atoms with Gasteiger partial charge in [0.15, 0.2) is 0 Å². The standard InChI is InChI=1S/C13H20OS/c1-4-14-13-6-5-10(2)9-12(13)11(3)7-8-15/h5-6,9,11,15H,4,7-8H2,1-3H3. The van der Waals surface area contributed by atoms with Crippen molar-refractivity contribution in [2.75, 3.05) is 12.4 Å². The SMILES string of the molecule is CCOc1ccc(C)cc1C(C)CCS. The molecule has 15 heavy (non-hydrogen) atoms. The Morgan fingerprint density at radius 1 is 1.40 bits per heavy atom. The summed E-state index contributed by atoms with van der Waals surface area (Å²) < 4.78 is 5.63. The first-order chi connectivity index (χ1) is 7.19.